The summed E-state index contributed by atoms with van der Waals surface area (Å²) in [6.45, 7) is 6.17. The molecule has 3 N–H and O–H groups in total. The molecule has 0 fully saturated rings. The summed E-state index contributed by atoms with van der Waals surface area (Å²) in [5.74, 6) is -0.849. The SMILES string of the molecule is CCN(CC)c1ccc(-c2nc3cc(NC(=O)c4cc(Cl)cc(Cl)c4)ccc3o2)cc1.NC(=O)c1ccccc1C(F)(F)F. The van der Waals surface area contributed by atoms with Crippen LogP contribution in [0.1, 0.15) is 40.1 Å². The van der Waals surface area contributed by atoms with Crippen molar-refractivity contribution in [2.75, 3.05) is 23.3 Å². The van der Waals surface area contributed by atoms with Crippen molar-refractivity contribution in [3.8, 4) is 11.5 Å². The van der Waals surface area contributed by atoms with Crippen molar-refractivity contribution < 1.29 is 27.2 Å². The zero-order valence-corrected chi connectivity index (χ0v) is 25.1. The van der Waals surface area contributed by atoms with E-state index in [0.717, 1.165) is 36.5 Å². The molecule has 1 heterocycles. The molecule has 44 heavy (non-hydrogen) atoms. The molecule has 5 rings (SSSR count). The second-order valence-electron chi connectivity index (χ2n) is 9.44. The lowest BCUT2D eigenvalue weighted by atomic mass is 10.1. The van der Waals surface area contributed by atoms with Gasteiger partial charge in [-0.1, -0.05) is 35.3 Å². The average molecular weight is 643 g/mol. The van der Waals surface area contributed by atoms with Crippen LogP contribution >= 0.6 is 23.2 Å². The first-order valence-electron chi connectivity index (χ1n) is 13.4. The molecule has 0 saturated heterocycles. The molecule has 0 bridgehead atoms. The zero-order chi connectivity index (χ0) is 32.0. The van der Waals surface area contributed by atoms with Crippen LogP contribution in [-0.2, 0) is 6.18 Å². The maximum Gasteiger partial charge on any atom is 0.417 e. The van der Waals surface area contributed by atoms with Gasteiger partial charge in [-0.25, -0.2) is 4.98 Å². The topological polar surface area (TPSA) is 101 Å². The molecular formula is C32H27Cl2F3N4O3. The monoisotopic (exact) mass is 642 g/mol. The van der Waals surface area contributed by atoms with Gasteiger partial charge in [0.1, 0.15) is 5.52 Å². The van der Waals surface area contributed by atoms with E-state index in [1.54, 1.807) is 36.4 Å². The van der Waals surface area contributed by atoms with E-state index in [1.165, 1.54) is 12.1 Å². The number of benzene rings is 4. The Balaban J connectivity index is 0.000000285. The maximum atomic E-state index is 12.5. The van der Waals surface area contributed by atoms with Crippen LogP contribution in [-0.4, -0.2) is 29.9 Å². The average Bonchev–Trinajstić information content (AvgIpc) is 3.41. The Bertz CT molecular complexity index is 1770. The smallest absolute Gasteiger partial charge is 0.417 e. The number of carbonyl (C=O) groups excluding carboxylic acids is 2. The number of hydrogen-bond donors (Lipinski definition) is 2. The van der Waals surface area contributed by atoms with Crippen LogP contribution in [0.5, 0.6) is 0 Å². The van der Waals surface area contributed by atoms with Crippen LogP contribution < -0.4 is 16.0 Å². The Morgan fingerprint density at radius 2 is 1.55 bits per heavy atom. The van der Waals surface area contributed by atoms with Gasteiger partial charge in [0.25, 0.3) is 5.91 Å². The Morgan fingerprint density at radius 1 is 0.909 bits per heavy atom. The van der Waals surface area contributed by atoms with Crippen molar-refractivity contribution in [1.29, 1.82) is 0 Å². The molecule has 7 nitrogen and oxygen atoms in total. The van der Waals surface area contributed by atoms with E-state index in [-0.39, 0.29) is 5.91 Å². The molecule has 1 aromatic heterocycles. The molecule has 5 aromatic rings. The third-order valence-electron chi connectivity index (χ3n) is 6.51. The number of anilines is 2. The summed E-state index contributed by atoms with van der Waals surface area (Å²) < 4.78 is 42.5. The normalized spacial score (nSPS) is 11.1. The van der Waals surface area contributed by atoms with Crippen LogP contribution in [0.25, 0.3) is 22.6 Å². The summed E-state index contributed by atoms with van der Waals surface area (Å²) in [4.78, 5) is 30.0. The van der Waals surface area contributed by atoms with Crippen molar-refractivity contribution in [3.05, 3.63) is 112 Å². The van der Waals surface area contributed by atoms with Crippen molar-refractivity contribution in [3.63, 3.8) is 0 Å². The summed E-state index contributed by atoms with van der Waals surface area (Å²) in [6, 6.07) is 22.6. The van der Waals surface area contributed by atoms with Crippen molar-refractivity contribution in [1.82, 2.24) is 4.98 Å². The van der Waals surface area contributed by atoms with E-state index in [0.29, 0.717) is 38.3 Å². The van der Waals surface area contributed by atoms with E-state index < -0.39 is 23.2 Å². The van der Waals surface area contributed by atoms with Crippen molar-refractivity contribution >= 4 is 57.5 Å². The highest BCUT2D eigenvalue weighted by atomic mass is 35.5. The number of oxazole rings is 1. The van der Waals surface area contributed by atoms with Crippen molar-refractivity contribution in [2.45, 2.75) is 20.0 Å². The first kappa shape index (κ1) is 32.4. The van der Waals surface area contributed by atoms with Crippen LogP contribution in [0.4, 0.5) is 24.5 Å². The Kier molecular flexibility index (Phi) is 10.2. The predicted molar refractivity (Wildman–Crippen MR) is 167 cm³/mol. The Morgan fingerprint density at radius 3 is 2.11 bits per heavy atom. The number of rotatable bonds is 7. The number of hydrogen-bond acceptors (Lipinski definition) is 5. The molecule has 12 heteroatoms. The zero-order valence-electron chi connectivity index (χ0n) is 23.6. The fourth-order valence-electron chi connectivity index (χ4n) is 4.37. The molecule has 0 aliphatic heterocycles. The molecule has 228 valence electrons. The van der Waals surface area contributed by atoms with Crippen LogP contribution in [0, 0.1) is 0 Å². The summed E-state index contributed by atoms with van der Waals surface area (Å²) in [7, 11) is 0. The predicted octanol–water partition coefficient (Wildman–Crippen LogP) is 8.70. The van der Waals surface area contributed by atoms with Crippen LogP contribution in [0.3, 0.4) is 0 Å². The second-order valence-corrected chi connectivity index (χ2v) is 10.3. The van der Waals surface area contributed by atoms with Gasteiger partial charge in [-0.05, 0) is 86.6 Å². The largest absolute Gasteiger partial charge is 0.436 e. The molecule has 0 radical (unpaired) electrons. The molecule has 0 atom stereocenters. The highest BCUT2D eigenvalue weighted by Gasteiger charge is 2.34. The molecule has 0 saturated carbocycles. The number of alkyl halides is 3. The minimum absolute atomic E-state index is 0.306. The molecule has 0 aliphatic rings. The third kappa shape index (κ3) is 7.89. The second kappa shape index (κ2) is 13.8. The molecule has 2 amide bonds. The molecule has 0 spiro atoms. The lowest BCUT2D eigenvalue weighted by Gasteiger charge is -2.20. The maximum absolute atomic E-state index is 12.5. The minimum atomic E-state index is -4.54. The van der Waals surface area contributed by atoms with Crippen molar-refractivity contribution in [2.24, 2.45) is 5.73 Å². The fourth-order valence-corrected chi connectivity index (χ4v) is 4.89. The lowest BCUT2D eigenvalue weighted by molar-refractivity contribution is -0.137. The minimum Gasteiger partial charge on any atom is -0.436 e. The summed E-state index contributed by atoms with van der Waals surface area (Å²) >= 11 is 12.0. The number of nitrogens with zero attached hydrogens (tertiary/aromatic N) is 2. The quantitative estimate of drug-likeness (QED) is 0.185. The summed E-state index contributed by atoms with van der Waals surface area (Å²) in [5.41, 5.74) is 7.61. The summed E-state index contributed by atoms with van der Waals surface area (Å²) in [5, 5.41) is 3.65. The van der Waals surface area contributed by atoms with E-state index in [2.05, 4.69) is 41.2 Å². The molecule has 0 aliphatic carbocycles. The lowest BCUT2D eigenvalue weighted by Crippen LogP contribution is -2.21. The third-order valence-corrected chi connectivity index (χ3v) is 6.95. The van der Waals surface area contributed by atoms with Gasteiger partial charge >= 0.3 is 6.18 Å². The van der Waals surface area contributed by atoms with Gasteiger partial charge in [-0.2, -0.15) is 13.2 Å². The fraction of sp³-hybridized carbons (Fsp3) is 0.156. The Hall–Kier alpha value is -4.54. The molecule has 4 aromatic carbocycles. The van der Waals surface area contributed by atoms with Gasteiger partial charge in [-0.15, -0.1) is 0 Å². The number of halogens is 5. The van der Waals surface area contributed by atoms with Gasteiger partial charge in [0.05, 0.1) is 11.1 Å². The van der Waals surface area contributed by atoms with E-state index >= 15 is 0 Å². The highest BCUT2D eigenvalue weighted by Crippen LogP contribution is 2.32. The van der Waals surface area contributed by atoms with Crippen LogP contribution in [0.15, 0.2) is 89.3 Å². The van der Waals surface area contributed by atoms with Gasteiger partial charge in [0, 0.05) is 45.6 Å². The highest BCUT2D eigenvalue weighted by molar-refractivity contribution is 6.35. The number of amides is 2. The molecular weight excluding hydrogens is 616 g/mol. The Labute approximate surface area is 261 Å². The molecule has 0 unspecified atom stereocenters. The van der Waals surface area contributed by atoms with E-state index in [9.17, 15) is 22.8 Å². The van der Waals surface area contributed by atoms with Gasteiger partial charge in [0.15, 0.2) is 5.58 Å². The van der Waals surface area contributed by atoms with Gasteiger partial charge in [0.2, 0.25) is 11.8 Å². The van der Waals surface area contributed by atoms with E-state index in [1.807, 2.05) is 12.1 Å². The van der Waals surface area contributed by atoms with Gasteiger partial charge < -0.3 is 20.4 Å². The first-order chi connectivity index (χ1) is 20.9. The summed E-state index contributed by atoms with van der Waals surface area (Å²) in [6.07, 6.45) is -4.54. The number of nitrogens with two attached hydrogens (primary N) is 1. The number of nitrogens with one attached hydrogen (secondary N) is 1. The van der Waals surface area contributed by atoms with E-state index in [4.69, 9.17) is 33.4 Å². The number of aromatic nitrogens is 1. The number of primary amides is 1. The standard InChI is InChI=1S/C24H21Cl2N3O2.C8H6F3NO/c1-3-29(4-2)20-8-5-15(6-9-20)24-28-21-14-19(7-10-22(21)31-24)27-23(30)16-11-17(25)13-18(26)12-16;9-8(10,11)6-4-2-1-3-5(6)7(12)13/h5-14H,3-4H2,1-2H3,(H,27,30);1-4H,(H2,12,13). The number of carbonyl (C=O) groups is 2. The first-order valence-corrected chi connectivity index (χ1v) is 14.1. The number of fused-ring (bicyclic) bond motifs is 1. The van der Waals surface area contributed by atoms with Gasteiger partial charge in [-0.3, -0.25) is 9.59 Å². The van der Waals surface area contributed by atoms with Crippen LogP contribution in [0.2, 0.25) is 10.0 Å².